The van der Waals surface area contributed by atoms with Crippen LogP contribution < -0.4 is 5.32 Å². The van der Waals surface area contributed by atoms with E-state index >= 15 is 0 Å². The van der Waals surface area contributed by atoms with Gasteiger partial charge in [-0.25, -0.2) is 0 Å². The Morgan fingerprint density at radius 3 is 3.00 bits per heavy atom. The van der Waals surface area contributed by atoms with Crippen LogP contribution in [-0.4, -0.2) is 20.2 Å². The molecule has 0 aliphatic carbocycles. The van der Waals surface area contributed by atoms with Crippen LogP contribution in [0.15, 0.2) is 30.5 Å². The molecule has 1 aromatic carbocycles. The van der Waals surface area contributed by atoms with Gasteiger partial charge in [-0.05, 0) is 52.4 Å². The van der Waals surface area contributed by atoms with Gasteiger partial charge in [-0.3, -0.25) is 5.10 Å². The van der Waals surface area contributed by atoms with Crippen molar-refractivity contribution in [2.75, 3.05) is 5.32 Å². The Hall–Kier alpha value is -1.41. The predicted molar refractivity (Wildman–Crippen MR) is 79.1 cm³/mol. The molecule has 0 radical (unpaired) electrons. The van der Waals surface area contributed by atoms with Crippen molar-refractivity contribution in [3.63, 3.8) is 0 Å². The monoisotopic (exact) mass is 371 g/mol. The van der Waals surface area contributed by atoms with Crippen LogP contribution in [0.2, 0.25) is 5.28 Å². The summed E-state index contributed by atoms with van der Waals surface area (Å²) in [6, 6.07) is 7.97. The summed E-state index contributed by atoms with van der Waals surface area (Å²) >= 11 is 8.12. The highest BCUT2D eigenvalue weighted by molar-refractivity contribution is 14.1. The molecule has 0 aliphatic heterocycles. The number of hydrogen-bond donors (Lipinski definition) is 2. The number of fused-ring (bicyclic) bond motifs is 1. The maximum absolute atomic E-state index is 5.87. The zero-order valence-corrected chi connectivity index (χ0v) is 11.9. The number of anilines is 2. The topological polar surface area (TPSA) is 66.5 Å². The van der Waals surface area contributed by atoms with Gasteiger partial charge >= 0.3 is 0 Å². The van der Waals surface area contributed by atoms with Crippen molar-refractivity contribution in [2.24, 2.45) is 0 Å². The fraction of sp³-hybridized carbons (Fsp3) is 0. The molecular weight excluding hydrogens is 365 g/mol. The van der Waals surface area contributed by atoms with Crippen molar-refractivity contribution in [2.45, 2.75) is 0 Å². The number of halogens is 2. The summed E-state index contributed by atoms with van der Waals surface area (Å²) in [7, 11) is 0. The molecule has 3 aromatic rings. The molecular formula is C11H7ClIN5. The molecule has 2 N–H and O–H groups in total. The van der Waals surface area contributed by atoms with E-state index in [4.69, 9.17) is 11.6 Å². The summed E-state index contributed by atoms with van der Waals surface area (Å²) in [6.07, 6.45) is 1.67. The van der Waals surface area contributed by atoms with E-state index in [0.29, 0.717) is 11.5 Å². The van der Waals surface area contributed by atoms with E-state index in [-0.39, 0.29) is 5.28 Å². The number of nitrogens with zero attached hydrogens (tertiary/aromatic N) is 3. The van der Waals surface area contributed by atoms with Gasteiger partial charge in [0, 0.05) is 9.26 Å². The maximum Gasteiger partial charge on any atom is 0.226 e. The zero-order valence-electron chi connectivity index (χ0n) is 8.98. The minimum absolute atomic E-state index is 0.180. The second-order valence-electron chi connectivity index (χ2n) is 3.61. The minimum Gasteiger partial charge on any atom is -0.339 e. The fourth-order valence-corrected chi connectivity index (χ4v) is 2.32. The summed E-state index contributed by atoms with van der Waals surface area (Å²) in [6.45, 7) is 0. The average molecular weight is 372 g/mol. The van der Waals surface area contributed by atoms with Crippen molar-refractivity contribution < 1.29 is 0 Å². The van der Waals surface area contributed by atoms with E-state index in [2.05, 4.69) is 48.1 Å². The molecule has 0 atom stereocenters. The largest absolute Gasteiger partial charge is 0.339 e. The van der Waals surface area contributed by atoms with Crippen molar-refractivity contribution >= 4 is 56.7 Å². The molecule has 0 saturated heterocycles. The molecule has 0 saturated carbocycles. The van der Waals surface area contributed by atoms with Crippen LogP contribution in [0.3, 0.4) is 0 Å². The average Bonchev–Trinajstić information content (AvgIpc) is 2.77. The predicted octanol–water partition coefficient (Wildman–Crippen LogP) is 3.35. The van der Waals surface area contributed by atoms with Crippen molar-refractivity contribution in [3.05, 3.63) is 39.3 Å². The Morgan fingerprint density at radius 2 is 2.17 bits per heavy atom. The summed E-state index contributed by atoms with van der Waals surface area (Å²) in [5, 5.41) is 10.9. The third-order valence-electron chi connectivity index (χ3n) is 2.37. The molecule has 0 aliphatic rings. The van der Waals surface area contributed by atoms with E-state index in [9.17, 15) is 0 Å². The maximum atomic E-state index is 5.87. The molecule has 2 heterocycles. The second-order valence-corrected chi connectivity index (χ2v) is 5.19. The summed E-state index contributed by atoms with van der Waals surface area (Å²) in [5.41, 5.74) is 1.56. The van der Waals surface area contributed by atoms with E-state index in [1.807, 2.05) is 24.3 Å². The van der Waals surface area contributed by atoms with Crippen molar-refractivity contribution in [3.8, 4) is 0 Å². The molecule has 0 fully saturated rings. The Labute approximate surface area is 121 Å². The third kappa shape index (κ3) is 2.25. The number of H-pyrrole nitrogens is 1. The fourth-order valence-electron chi connectivity index (χ4n) is 1.61. The Morgan fingerprint density at radius 1 is 1.28 bits per heavy atom. The number of rotatable bonds is 2. The van der Waals surface area contributed by atoms with Gasteiger partial charge < -0.3 is 5.32 Å². The molecule has 2 aromatic heterocycles. The van der Waals surface area contributed by atoms with Crippen LogP contribution in [0.25, 0.3) is 11.0 Å². The van der Waals surface area contributed by atoms with Gasteiger partial charge in [0.2, 0.25) is 5.28 Å². The summed E-state index contributed by atoms with van der Waals surface area (Å²) in [5.74, 6) is 0.640. The molecule has 5 nitrogen and oxygen atoms in total. The Bertz CT molecular complexity index is 711. The molecule has 0 unspecified atom stereocenters. The molecule has 0 bridgehead atoms. The molecule has 0 spiro atoms. The summed E-state index contributed by atoms with van der Waals surface area (Å²) in [4.78, 5) is 8.23. The first-order chi connectivity index (χ1) is 8.72. The number of benzene rings is 1. The highest BCUT2D eigenvalue weighted by atomic mass is 127. The second kappa shape index (κ2) is 4.69. The lowest BCUT2D eigenvalue weighted by atomic mass is 10.3. The lowest BCUT2D eigenvalue weighted by Gasteiger charge is -2.06. The van der Waals surface area contributed by atoms with Crippen LogP contribution in [-0.2, 0) is 0 Å². The number of nitrogens with one attached hydrogen (secondary N) is 2. The molecule has 7 heteroatoms. The number of aromatic nitrogens is 4. The molecule has 0 amide bonds. The standard InChI is InChI=1S/C11H7ClIN5/c12-11-16-9(8-5-14-18-10(8)17-11)15-7-3-1-2-6(13)4-7/h1-5H,(H2,14,15,16,17,18). The van der Waals surface area contributed by atoms with Crippen molar-refractivity contribution in [1.29, 1.82) is 0 Å². The minimum atomic E-state index is 0.180. The third-order valence-corrected chi connectivity index (χ3v) is 3.21. The lowest BCUT2D eigenvalue weighted by molar-refractivity contribution is 1.09. The molecule has 18 heavy (non-hydrogen) atoms. The van der Waals surface area contributed by atoms with Crippen LogP contribution in [0.4, 0.5) is 11.5 Å². The van der Waals surface area contributed by atoms with Crippen LogP contribution in [0.5, 0.6) is 0 Å². The highest BCUT2D eigenvalue weighted by Crippen LogP contribution is 2.24. The molecule has 90 valence electrons. The Kier molecular flexibility index (Phi) is 3.04. The van der Waals surface area contributed by atoms with Crippen LogP contribution in [0, 0.1) is 3.57 Å². The van der Waals surface area contributed by atoms with Gasteiger partial charge in [0.15, 0.2) is 5.65 Å². The summed E-state index contributed by atoms with van der Waals surface area (Å²) < 4.78 is 1.14. The quantitative estimate of drug-likeness (QED) is 0.535. The van der Waals surface area contributed by atoms with Gasteiger partial charge in [0.05, 0.1) is 11.6 Å². The van der Waals surface area contributed by atoms with E-state index in [1.54, 1.807) is 6.20 Å². The SMILES string of the molecule is Clc1nc(Nc2cccc(I)c2)c2cn[nH]c2n1. The first-order valence-corrected chi connectivity index (χ1v) is 6.57. The first-order valence-electron chi connectivity index (χ1n) is 5.11. The smallest absolute Gasteiger partial charge is 0.226 e. The highest BCUT2D eigenvalue weighted by Gasteiger charge is 2.08. The number of hydrogen-bond acceptors (Lipinski definition) is 4. The van der Waals surface area contributed by atoms with Crippen LogP contribution >= 0.6 is 34.2 Å². The number of aromatic amines is 1. The van der Waals surface area contributed by atoms with Gasteiger partial charge in [-0.2, -0.15) is 15.1 Å². The van der Waals surface area contributed by atoms with Crippen molar-refractivity contribution in [1.82, 2.24) is 20.2 Å². The van der Waals surface area contributed by atoms with Gasteiger partial charge in [0.1, 0.15) is 5.82 Å². The van der Waals surface area contributed by atoms with Gasteiger partial charge in [-0.1, -0.05) is 6.07 Å². The van der Waals surface area contributed by atoms with E-state index < -0.39 is 0 Å². The first kappa shape index (κ1) is 11.7. The molecule has 3 rings (SSSR count). The van der Waals surface area contributed by atoms with Gasteiger partial charge in [-0.15, -0.1) is 0 Å². The van der Waals surface area contributed by atoms with E-state index in [0.717, 1.165) is 14.6 Å². The Balaban J connectivity index is 2.06. The normalized spacial score (nSPS) is 10.8. The zero-order chi connectivity index (χ0) is 12.5. The van der Waals surface area contributed by atoms with Crippen LogP contribution in [0.1, 0.15) is 0 Å². The van der Waals surface area contributed by atoms with Gasteiger partial charge in [0.25, 0.3) is 0 Å². The van der Waals surface area contributed by atoms with E-state index in [1.165, 1.54) is 0 Å². The lowest BCUT2D eigenvalue weighted by Crippen LogP contribution is -1.96.